The van der Waals surface area contributed by atoms with E-state index in [0.717, 1.165) is 65.2 Å². The van der Waals surface area contributed by atoms with Crippen molar-refractivity contribution < 1.29 is 14.3 Å². The predicted octanol–water partition coefficient (Wildman–Crippen LogP) is 2.42. The first-order valence-corrected chi connectivity index (χ1v) is 10.6. The molecule has 0 radical (unpaired) electrons. The smallest absolute Gasteiger partial charge is 0.255 e. The van der Waals surface area contributed by atoms with Crippen LogP contribution in [0, 0.1) is 5.92 Å². The Kier molecular flexibility index (Phi) is 8.13. The third kappa shape index (κ3) is 6.19. The van der Waals surface area contributed by atoms with Crippen molar-refractivity contribution in [1.82, 2.24) is 15.1 Å². The number of hydrogen-bond donors (Lipinski definition) is 1. The lowest BCUT2D eigenvalue weighted by atomic mass is 9.91. The fourth-order valence-corrected chi connectivity index (χ4v) is 4.05. The van der Waals surface area contributed by atoms with E-state index in [0.29, 0.717) is 29.5 Å². The lowest BCUT2D eigenvalue weighted by Crippen LogP contribution is -2.41. The van der Waals surface area contributed by atoms with Crippen LogP contribution >= 0.6 is 11.6 Å². The van der Waals surface area contributed by atoms with Gasteiger partial charge >= 0.3 is 0 Å². The molecule has 2 heterocycles. The summed E-state index contributed by atoms with van der Waals surface area (Å²) in [5, 5.41) is 3.53. The van der Waals surface area contributed by atoms with Crippen LogP contribution in [0.15, 0.2) is 24.3 Å². The number of nitrogens with one attached hydrogen (secondary N) is 1. The molecule has 2 amide bonds. The highest BCUT2D eigenvalue weighted by atomic mass is 35.5. The third-order valence-electron chi connectivity index (χ3n) is 5.64. The predicted molar refractivity (Wildman–Crippen MR) is 110 cm³/mol. The van der Waals surface area contributed by atoms with Gasteiger partial charge in [0, 0.05) is 45.7 Å². The van der Waals surface area contributed by atoms with E-state index < -0.39 is 0 Å². The van der Waals surface area contributed by atoms with Crippen LogP contribution in [0.1, 0.15) is 36.0 Å². The molecule has 1 aromatic carbocycles. The molecular weight excluding hydrogens is 378 g/mol. The van der Waals surface area contributed by atoms with Gasteiger partial charge < -0.3 is 15.0 Å². The van der Waals surface area contributed by atoms with Gasteiger partial charge in [-0.25, -0.2) is 0 Å². The third-order valence-corrected chi connectivity index (χ3v) is 5.97. The molecule has 3 rings (SSSR count). The van der Waals surface area contributed by atoms with Crippen molar-refractivity contribution in [3.05, 3.63) is 34.9 Å². The average molecular weight is 408 g/mol. The first-order valence-electron chi connectivity index (χ1n) is 10.2. The number of carbonyl (C=O) groups is 2. The molecule has 0 unspecified atom stereocenters. The molecule has 28 heavy (non-hydrogen) atoms. The minimum atomic E-state index is 0.00454. The van der Waals surface area contributed by atoms with Gasteiger partial charge in [0.25, 0.3) is 5.91 Å². The second kappa shape index (κ2) is 10.8. The van der Waals surface area contributed by atoms with Crippen molar-refractivity contribution in [1.29, 1.82) is 0 Å². The van der Waals surface area contributed by atoms with E-state index in [9.17, 15) is 9.59 Å². The second-order valence-corrected chi connectivity index (χ2v) is 7.97. The monoisotopic (exact) mass is 407 g/mol. The lowest BCUT2D eigenvalue weighted by molar-refractivity contribution is -0.121. The Labute approximate surface area is 172 Å². The SMILES string of the molecule is O=C(CCC1CCN(C(=O)c2ccccc2Cl)CC1)NCCN1CCOCC1. The Morgan fingerprint density at radius 2 is 1.82 bits per heavy atom. The van der Waals surface area contributed by atoms with E-state index in [1.54, 1.807) is 12.1 Å². The van der Waals surface area contributed by atoms with Crippen LogP contribution in [0.2, 0.25) is 5.02 Å². The first-order chi connectivity index (χ1) is 13.6. The van der Waals surface area contributed by atoms with Crippen molar-refractivity contribution in [2.45, 2.75) is 25.7 Å². The molecular formula is C21H30ClN3O3. The Hall–Kier alpha value is -1.63. The van der Waals surface area contributed by atoms with Crippen LogP contribution in [0.4, 0.5) is 0 Å². The van der Waals surface area contributed by atoms with Crippen LogP contribution in [-0.2, 0) is 9.53 Å². The lowest BCUT2D eigenvalue weighted by Gasteiger charge is -2.32. The number of piperidine rings is 1. The average Bonchev–Trinajstić information content (AvgIpc) is 2.73. The van der Waals surface area contributed by atoms with Gasteiger partial charge in [0.15, 0.2) is 0 Å². The number of hydrogen-bond acceptors (Lipinski definition) is 4. The number of halogens is 1. The molecule has 0 aromatic heterocycles. The van der Waals surface area contributed by atoms with E-state index in [-0.39, 0.29) is 11.8 Å². The summed E-state index contributed by atoms with van der Waals surface area (Å²) < 4.78 is 5.33. The molecule has 1 N–H and O–H groups in total. The van der Waals surface area contributed by atoms with E-state index in [1.165, 1.54) is 0 Å². The molecule has 0 aliphatic carbocycles. The van der Waals surface area contributed by atoms with Crippen LogP contribution in [0.3, 0.4) is 0 Å². The number of likely N-dealkylation sites (tertiary alicyclic amines) is 1. The van der Waals surface area contributed by atoms with Crippen LogP contribution < -0.4 is 5.32 Å². The Balaban J connectivity index is 1.31. The number of benzene rings is 1. The Morgan fingerprint density at radius 1 is 1.11 bits per heavy atom. The topological polar surface area (TPSA) is 61.9 Å². The summed E-state index contributed by atoms with van der Waals surface area (Å²) in [4.78, 5) is 28.9. The highest BCUT2D eigenvalue weighted by Crippen LogP contribution is 2.24. The van der Waals surface area contributed by atoms with Gasteiger partial charge in [-0.15, -0.1) is 0 Å². The summed E-state index contributed by atoms with van der Waals surface area (Å²) in [6, 6.07) is 7.19. The van der Waals surface area contributed by atoms with Gasteiger partial charge in [-0.3, -0.25) is 14.5 Å². The highest BCUT2D eigenvalue weighted by Gasteiger charge is 2.25. The maximum atomic E-state index is 12.6. The van der Waals surface area contributed by atoms with E-state index in [2.05, 4.69) is 10.2 Å². The van der Waals surface area contributed by atoms with Gasteiger partial charge in [-0.2, -0.15) is 0 Å². The van der Waals surface area contributed by atoms with Crippen molar-refractivity contribution >= 4 is 23.4 Å². The standard InChI is InChI=1S/C21H30ClN3O3/c22-19-4-2-1-3-18(19)21(27)25-10-7-17(8-11-25)5-6-20(26)23-9-12-24-13-15-28-16-14-24/h1-4,17H,5-16H2,(H,23,26). The number of amides is 2. The summed E-state index contributed by atoms with van der Waals surface area (Å²) in [5.41, 5.74) is 0.572. The van der Waals surface area contributed by atoms with Gasteiger partial charge in [0.1, 0.15) is 0 Å². The van der Waals surface area contributed by atoms with Crippen LogP contribution in [0.25, 0.3) is 0 Å². The molecule has 154 valence electrons. The Morgan fingerprint density at radius 3 is 2.54 bits per heavy atom. The molecule has 0 spiro atoms. The molecule has 7 heteroatoms. The molecule has 2 saturated heterocycles. The van der Waals surface area contributed by atoms with Crippen molar-refractivity contribution in [2.24, 2.45) is 5.92 Å². The zero-order chi connectivity index (χ0) is 19.8. The van der Waals surface area contributed by atoms with Crippen molar-refractivity contribution in [3.63, 3.8) is 0 Å². The molecule has 1 aromatic rings. The van der Waals surface area contributed by atoms with E-state index in [4.69, 9.17) is 16.3 Å². The number of nitrogens with zero attached hydrogens (tertiary/aromatic N) is 2. The zero-order valence-corrected chi connectivity index (χ0v) is 17.1. The maximum Gasteiger partial charge on any atom is 0.255 e. The van der Waals surface area contributed by atoms with Crippen LogP contribution in [-0.4, -0.2) is 74.1 Å². The number of carbonyl (C=O) groups excluding carboxylic acids is 2. The summed E-state index contributed by atoms with van der Waals surface area (Å²) in [6.07, 6.45) is 3.33. The van der Waals surface area contributed by atoms with Crippen molar-refractivity contribution in [3.8, 4) is 0 Å². The zero-order valence-electron chi connectivity index (χ0n) is 16.4. The summed E-state index contributed by atoms with van der Waals surface area (Å²) >= 11 is 6.14. The minimum Gasteiger partial charge on any atom is -0.379 e. The number of rotatable bonds is 7. The fraction of sp³-hybridized carbons (Fsp3) is 0.619. The fourth-order valence-electron chi connectivity index (χ4n) is 3.83. The van der Waals surface area contributed by atoms with Gasteiger partial charge in [-0.05, 0) is 37.3 Å². The van der Waals surface area contributed by atoms with Crippen molar-refractivity contribution in [2.75, 3.05) is 52.5 Å². The Bertz CT molecular complexity index is 656. The molecule has 0 atom stereocenters. The molecule has 2 fully saturated rings. The number of ether oxygens (including phenoxy) is 1. The largest absolute Gasteiger partial charge is 0.379 e. The second-order valence-electron chi connectivity index (χ2n) is 7.56. The summed E-state index contributed by atoms with van der Waals surface area (Å²) in [5.74, 6) is 0.632. The van der Waals surface area contributed by atoms with Crippen LogP contribution in [0.5, 0.6) is 0 Å². The van der Waals surface area contributed by atoms with Gasteiger partial charge in [0.05, 0.1) is 23.8 Å². The molecule has 2 aliphatic heterocycles. The van der Waals surface area contributed by atoms with E-state index in [1.807, 2.05) is 17.0 Å². The first kappa shape index (κ1) is 21.1. The highest BCUT2D eigenvalue weighted by molar-refractivity contribution is 6.33. The van der Waals surface area contributed by atoms with Gasteiger partial charge in [-0.1, -0.05) is 23.7 Å². The molecule has 6 nitrogen and oxygen atoms in total. The molecule has 0 saturated carbocycles. The summed E-state index contributed by atoms with van der Waals surface area (Å²) in [7, 11) is 0. The maximum absolute atomic E-state index is 12.6. The minimum absolute atomic E-state index is 0.00454. The van der Waals surface area contributed by atoms with E-state index >= 15 is 0 Å². The summed E-state index contributed by atoms with van der Waals surface area (Å²) in [6.45, 7) is 6.50. The molecule has 2 aliphatic rings. The van der Waals surface area contributed by atoms with Gasteiger partial charge in [0.2, 0.25) is 5.91 Å². The molecule has 0 bridgehead atoms. The normalized spacial score (nSPS) is 18.8. The quantitative estimate of drug-likeness (QED) is 0.754. The number of morpholine rings is 1.